The molecule has 2 aliphatic rings. The molecule has 1 N–H and O–H groups in total. The van der Waals surface area contributed by atoms with Crippen LogP contribution in [0.4, 0.5) is 5.95 Å². The van der Waals surface area contributed by atoms with E-state index >= 15 is 0 Å². The number of likely N-dealkylation sites (N-methyl/N-ethyl adjacent to an activating group) is 1. The van der Waals surface area contributed by atoms with Gasteiger partial charge in [-0.15, -0.1) is 10.2 Å². The smallest absolute Gasteiger partial charge is 0.243 e. The molecule has 1 atom stereocenters. The summed E-state index contributed by atoms with van der Waals surface area (Å²) in [5.41, 5.74) is 1.07. The fraction of sp³-hybridized carbons (Fsp3) is 0.769. The second-order valence-corrected chi connectivity index (χ2v) is 6.21. The number of nitrogens with one attached hydrogen (secondary N) is 1. The average molecular weight is 326 g/mol. The number of likely N-dealkylation sites (tertiary alicyclic amines) is 1. The van der Waals surface area contributed by atoms with Crippen molar-refractivity contribution in [3.63, 3.8) is 0 Å². The van der Waals surface area contributed by atoms with E-state index in [2.05, 4.69) is 48.3 Å². The number of hydrogen-bond acceptors (Lipinski definition) is 5. The van der Waals surface area contributed by atoms with Gasteiger partial charge in [0.05, 0.1) is 5.69 Å². The molecule has 1 aromatic heterocycles. The molecule has 1 saturated heterocycles. The number of rotatable bonds is 4. The van der Waals surface area contributed by atoms with Gasteiger partial charge in [0, 0.05) is 18.5 Å². The molecule has 6 heteroatoms. The van der Waals surface area contributed by atoms with Crippen LogP contribution in [-0.2, 0) is 0 Å². The summed E-state index contributed by atoms with van der Waals surface area (Å²) in [7, 11) is 0. The lowest BCUT2D eigenvalue weighted by Crippen LogP contribution is -2.42. The number of aromatic nitrogens is 3. The van der Waals surface area contributed by atoms with Crippen LogP contribution in [0.2, 0.25) is 0 Å². The molecule has 0 radical (unpaired) electrons. The lowest BCUT2D eigenvalue weighted by molar-refractivity contribution is 0.226. The van der Waals surface area contributed by atoms with Gasteiger partial charge < -0.3 is 10.2 Å². The Bertz CT molecular complexity index is 449. The van der Waals surface area contributed by atoms with Gasteiger partial charge >= 0.3 is 0 Å². The summed E-state index contributed by atoms with van der Waals surface area (Å²) in [6.07, 6.45) is 4.88. The Morgan fingerprint density at radius 3 is 2.89 bits per heavy atom. The van der Waals surface area contributed by atoms with E-state index in [0.29, 0.717) is 17.9 Å². The van der Waals surface area contributed by atoms with E-state index in [1.807, 2.05) is 0 Å². The normalized spacial score (nSPS) is 24.4. The van der Waals surface area contributed by atoms with E-state index < -0.39 is 0 Å². The van der Waals surface area contributed by atoms with Crippen LogP contribution in [0.1, 0.15) is 44.2 Å². The molecule has 19 heavy (non-hydrogen) atoms. The van der Waals surface area contributed by atoms with Crippen LogP contribution in [0.25, 0.3) is 0 Å². The van der Waals surface area contributed by atoms with Gasteiger partial charge in [0.2, 0.25) is 5.95 Å². The van der Waals surface area contributed by atoms with Crippen LogP contribution in [0.5, 0.6) is 0 Å². The summed E-state index contributed by atoms with van der Waals surface area (Å²) in [6.45, 7) is 5.62. The predicted molar refractivity (Wildman–Crippen MR) is 78.3 cm³/mol. The second-order valence-electron chi connectivity index (χ2n) is 5.46. The van der Waals surface area contributed by atoms with Crippen molar-refractivity contribution < 1.29 is 0 Å². The van der Waals surface area contributed by atoms with Gasteiger partial charge in [-0.05, 0) is 54.7 Å². The van der Waals surface area contributed by atoms with E-state index in [9.17, 15) is 0 Å². The van der Waals surface area contributed by atoms with Crippen molar-refractivity contribution in [3.05, 3.63) is 10.3 Å². The highest BCUT2D eigenvalue weighted by Gasteiger charge is 2.29. The molecule has 2 fully saturated rings. The minimum Gasteiger partial charge on any atom is -0.349 e. The van der Waals surface area contributed by atoms with Crippen molar-refractivity contribution >= 4 is 21.9 Å². The first-order valence-electron chi connectivity index (χ1n) is 7.15. The summed E-state index contributed by atoms with van der Waals surface area (Å²) >= 11 is 3.44. The Labute approximate surface area is 122 Å². The van der Waals surface area contributed by atoms with Crippen LogP contribution in [0.3, 0.4) is 0 Å². The van der Waals surface area contributed by atoms with E-state index in [-0.39, 0.29) is 0 Å². The number of piperidine rings is 1. The Morgan fingerprint density at radius 1 is 1.32 bits per heavy atom. The number of nitrogens with zero attached hydrogens (tertiary/aromatic N) is 4. The molecule has 1 saturated carbocycles. The maximum Gasteiger partial charge on any atom is 0.243 e. The monoisotopic (exact) mass is 325 g/mol. The highest BCUT2D eigenvalue weighted by molar-refractivity contribution is 9.10. The zero-order valence-electron chi connectivity index (χ0n) is 11.3. The molecular weight excluding hydrogens is 306 g/mol. The molecule has 104 valence electrons. The van der Waals surface area contributed by atoms with Crippen LogP contribution in [-0.4, -0.2) is 45.8 Å². The topological polar surface area (TPSA) is 53.9 Å². The molecule has 0 unspecified atom stereocenters. The molecule has 1 aliphatic carbocycles. The van der Waals surface area contributed by atoms with E-state index in [0.717, 1.165) is 23.4 Å². The highest BCUT2D eigenvalue weighted by atomic mass is 79.9. The fourth-order valence-corrected chi connectivity index (χ4v) is 3.14. The average Bonchev–Trinajstić information content (AvgIpc) is 3.26. The fourth-order valence-electron chi connectivity index (χ4n) is 2.65. The highest BCUT2D eigenvalue weighted by Crippen LogP contribution is 2.41. The molecular formula is C13H20BrN5. The van der Waals surface area contributed by atoms with Crippen molar-refractivity contribution in [3.8, 4) is 0 Å². The van der Waals surface area contributed by atoms with Crippen LogP contribution < -0.4 is 5.32 Å². The van der Waals surface area contributed by atoms with Crippen molar-refractivity contribution in [2.45, 2.75) is 44.6 Å². The minimum absolute atomic E-state index is 0.448. The molecule has 1 aromatic rings. The Morgan fingerprint density at radius 2 is 2.16 bits per heavy atom. The SMILES string of the molecule is CCN1CCC[C@@H](Nc2nnc(Br)c(C3CC3)n2)C1. The lowest BCUT2D eigenvalue weighted by Gasteiger charge is -2.32. The number of halogens is 1. The van der Waals surface area contributed by atoms with Gasteiger partial charge in [-0.25, -0.2) is 4.98 Å². The van der Waals surface area contributed by atoms with E-state index in [4.69, 9.17) is 0 Å². The first kappa shape index (κ1) is 13.2. The first-order chi connectivity index (χ1) is 9.26. The third kappa shape index (κ3) is 3.23. The molecule has 3 rings (SSSR count). The quantitative estimate of drug-likeness (QED) is 0.921. The van der Waals surface area contributed by atoms with Gasteiger partial charge in [0.15, 0.2) is 4.60 Å². The van der Waals surface area contributed by atoms with Crippen molar-refractivity contribution in [2.24, 2.45) is 0 Å². The third-order valence-electron chi connectivity index (χ3n) is 3.92. The largest absolute Gasteiger partial charge is 0.349 e. The zero-order valence-corrected chi connectivity index (χ0v) is 12.9. The van der Waals surface area contributed by atoms with E-state index in [1.165, 1.54) is 32.2 Å². The summed E-state index contributed by atoms with van der Waals surface area (Å²) < 4.78 is 0.805. The standard InChI is InChI=1S/C13H20BrN5/c1-2-19-7-3-4-10(8-19)15-13-16-11(9-5-6-9)12(14)17-18-13/h9-10H,2-8H2,1H3,(H,15,16,18)/t10-/m1/s1. The maximum atomic E-state index is 4.63. The molecule has 1 aliphatic heterocycles. The molecule has 2 heterocycles. The first-order valence-corrected chi connectivity index (χ1v) is 7.94. The Hall–Kier alpha value is -0.750. The maximum absolute atomic E-state index is 4.63. The van der Waals surface area contributed by atoms with Gasteiger partial charge in [-0.2, -0.15) is 0 Å². The molecule has 0 spiro atoms. The Balaban J connectivity index is 1.67. The number of hydrogen-bond donors (Lipinski definition) is 1. The van der Waals surface area contributed by atoms with Gasteiger partial charge in [-0.3, -0.25) is 0 Å². The van der Waals surface area contributed by atoms with Gasteiger partial charge in [-0.1, -0.05) is 6.92 Å². The van der Waals surface area contributed by atoms with Crippen LogP contribution >= 0.6 is 15.9 Å². The van der Waals surface area contributed by atoms with Crippen LogP contribution in [0, 0.1) is 0 Å². The molecule has 0 aromatic carbocycles. The summed E-state index contributed by atoms with van der Waals surface area (Å²) in [5.74, 6) is 1.27. The minimum atomic E-state index is 0.448. The van der Waals surface area contributed by atoms with Crippen molar-refractivity contribution in [1.82, 2.24) is 20.1 Å². The summed E-state index contributed by atoms with van der Waals surface area (Å²) in [5, 5.41) is 11.8. The number of anilines is 1. The van der Waals surface area contributed by atoms with Gasteiger partial charge in [0.25, 0.3) is 0 Å². The zero-order chi connectivity index (χ0) is 13.2. The second kappa shape index (κ2) is 5.71. The third-order valence-corrected chi connectivity index (χ3v) is 4.49. The van der Waals surface area contributed by atoms with Crippen molar-refractivity contribution in [1.29, 1.82) is 0 Å². The lowest BCUT2D eigenvalue weighted by atomic mass is 10.1. The van der Waals surface area contributed by atoms with Crippen molar-refractivity contribution in [2.75, 3.05) is 25.0 Å². The Kier molecular flexibility index (Phi) is 3.98. The predicted octanol–water partition coefficient (Wildman–Crippen LogP) is 2.41. The molecule has 5 nitrogen and oxygen atoms in total. The van der Waals surface area contributed by atoms with E-state index in [1.54, 1.807) is 0 Å². The van der Waals surface area contributed by atoms with Crippen LogP contribution in [0.15, 0.2) is 4.60 Å². The molecule has 0 bridgehead atoms. The summed E-state index contributed by atoms with van der Waals surface area (Å²) in [4.78, 5) is 7.10. The summed E-state index contributed by atoms with van der Waals surface area (Å²) in [6, 6.07) is 0.448. The molecule has 0 amide bonds. The van der Waals surface area contributed by atoms with Gasteiger partial charge in [0.1, 0.15) is 0 Å².